The molecule has 1 saturated heterocycles. The van der Waals surface area contributed by atoms with Crippen LogP contribution >= 0.6 is 0 Å². The number of aryl methyl sites for hydroxylation is 1. The van der Waals surface area contributed by atoms with Gasteiger partial charge in [-0.15, -0.1) is 0 Å². The van der Waals surface area contributed by atoms with Crippen molar-refractivity contribution in [3.63, 3.8) is 0 Å². The Morgan fingerprint density at radius 3 is 2.36 bits per heavy atom. The monoisotopic (exact) mass is 442 g/mol. The molecule has 0 aliphatic carbocycles. The van der Waals surface area contributed by atoms with Gasteiger partial charge in [0.05, 0.1) is 19.1 Å². The molecule has 0 aromatic heterocycles. The van der Waals surface area contributed by atoms with Crippen LogP contribution in [0.3, 0.4) is 0 Å². The number of benzene rings is 3. The second kappa shape index (κ2) is 10.9. The van der Waals surface area contributed by atoms with Crippen LogP contribution in [-0.2, 0) is 22.5 Å². The Morgan fingerprint density at radius 1 is 0.939 bits per heavy atom. The van der Waals surface area contributed by atoms with Gasteiger partial charge in [0.15, 0.2) is 0 Å². The number of carbonyl (C=O) groups is 2. The minimum Gasteiger partial charge on any atom is -0.376 e. The predicted octanol–water partition coefficient (Wildman–Crippen LogP) is 4.68. The summed E-state index contributed by atoms with van der Waals surface area (Å²) in [6.45, 7) is 3.76. The molecule has 170 valence electrons. The zero-order valence-electron chi connectivity index (χ0n) is 19.0. The van der Waals surface area contributed by atoms with Crippen LogP contribution < -0.4 is 10.2 Å². The number of rotatable bonds is 8. The van der Waals surface area contributed by atoms with Crippen molar-refractivity contribution in [2.45, 2.75) is 38.8 Å². The van der Waals surface area contributed by atoms with Crippen LogP contribution in [0.1, 0.15) is 39.9 Å². The molecule has 1 heterocycles. The molecule has 0 spiro atoms. The van der Waals surface area contributed by atoms with Crippen LogP contribution in [0.5, 0.6) is 0 Å². The molecule has 0 bridgehead atoms. The average Bonchev–Trinajstić information content (AvgIpc) is 3.36. The van der Waals surface area contributed by atoms with Gasteiger partial charge >= 0.3 is 0 Å². The molecule has 1 unspecified atom stereocenters. The highest BCUT2D eigenvalue weighted by molar-refractivity contribution is 6.07. The third-order valence-electron chi connectivity index (χ3n) is 5.97. The number of anilines is 1. The molecule has 3 aromatic carbocycles. The Hall–Kier alpha value is -3.44. The molecule has 0 saturated carbocycles. The third-order valence-corrected chi connectivity index (χ3v) is 5.97. The maximum absolute atomic E-state index is 13.5. The summed E-state index contributed by atoms with van der Waals surface area (Å²) in [5, 5.41) is 2.96. The summed E-state index contributed by atoms with van der Waals surface area (Å²) in [6, 6.07) is 25.3. The lowest BCUT2D eigenvalue weighted by molar-refractivity contribution is -0.120. The molecule has 1 fully saturated rings. The molecular formula is C28H30N2O3. The van der Waals surface area contributed by atoms with E-state index in [2.05, 4.69) is 5.32 Å². The molecule has 1 atom stereocenters. The van der Waals surface area contributed by atoms with Gasteiger partial charge in [-0.25, -0.2) is 0 Å². The standard InChI is InChI=1S/C28H30N2O3/c1-21-8-5-6-12-26(21)28(32)30(20-23-9-3-2-4-10-23)24-15-13-22(14-16-24)18-27(31)29-19-25-11-7-17-33-25/h2-6,8-10,12-16,25H,7,11,17-20H2,1H3,(H,29,31). The molecule has 33 heavy (non-hydrogen) atoms. The van der Waals surface area contributed by atoms with Gasteiger partial charge in [-0.1, -0.05) is 60.7 Å². The van der Waals surface area contributed by atoms with Gasteiger partial charge < -0.3 is 15.0 Å². The SMILES string of the molecule is Cc1ccccc1C(=O)N(Cc1ccccc1)c1ccc(CC(=O)NCC2CCCO2)cc1. The normalized spacial score (nSPS) is 15.2. The predicted molar refractivity (Wildman–Crippen MR) is 130 cm³/mol. The summed E-state index contributed by atoms with van der Waals surface area (Å²) < 4.78 is 5.56. The largest absolute Gasteiger partial charge is 0.376 e. The van der Waals surface area contributed by atoms with E-state index in [1.807, 2.05) is 85.8 Å². The van der Waals surface area contributed by atoms with Crippen molar-refractivity contribution in [3.05, 3.63) is 101 Å². The average molecular weight is 443 g/mol. The summed E-state index contributed by atoms with van der Waals surface area (Å²) in [5.74, 6) is -0.0608. The summed E-state index contributed by atoms with van der Waals surface area (Å²) in [7, 11) is 0. The first-order valence-corrected chi connectivity index (χ1v) is 11.5. The van der Waals surface area contributed by atoms with Gasteiger partial charge in [0, 0.05) is 24.4 Å². The Kier molecular flexibility index (Phi) is 7.53. The van der Waals surface area contributed by atoms with Crippen molar-refractivity contribution in [1.82, 2.24) is 5.32 Å². The fourth-order valence-electron chi connectivity index (χ4n) is 4.08. The Balaban J connectivity index is 1.48. The van der Waals surface area contributed by atoms with Crippen LogP contribution in [0.15, 0.2) is 78.9 Å². The lowest BCUT2D eigenvalue weighted by Gasteiger charge is -2.24. The van der Waals surface area contributed by atoms with E-state index in [-0.39, 0.29) is 17.9 Å². The van der Waals surface area contributed by atoms with E-state index in [9.17, 15) is 9.59 Å². The second-order valence-electron chi connectivity index (χ2n) is 8.47. The molecule has 1 N–H and O–H groups in total. The maximum Gasteiger partial charge on any atom is 0.258 e. The molecule has 3 aromatic rings. The second-order valence-corrected chi connectivity index (χ2v) is 8.47. The van der Waals surface area contributed by atoms with Crippen LogP contribution in [0.4, 0.5) is 5.69 Å². The van der Waals surface area contributed by atoms with E-state index in [1.165, 1.54) is 0 Å². The van der Waals surface area contributed by atoms with Crippen molar-refractivity contribution < 1.29 is 14.3 Å². The number of hydrogen-bond acceptors (Lipinski definition) is 3. The van der Waals surface area contributed by atoms with Crippen molar-refractivity contribution in [2.24, 2.45) is 0 Å². The van der Waals surface area contributed by atoms with Gasteiger partial charge in [0.2, 0.25) is 5.91 Å². The van der Waals surface area contributed by atoms with E-state index < -0.39 is 0 Å². The van der Waals surface area contributed by atoms with Gasteiger partial charge in [0.25, 0.3) is 5.91 Å². The number of hydrogen-bond donors (Lipinski definition) is 1. The van der Waals surface area contributed by atoms with Gasteiger partial charge in [-0.3, -0.25) is 9.59 Å². The van der Waals surface area contributed by atoms with Crippen molar-refractivity contribution in [1.29, 1.82) is 0 Å². The zero-order chi connectivity index (χ0) is 23.0. The van der Waals surface area contributed by atoms with Gasteiger partial charge in [0.1, 0.15) is 0 Å². The lowest BCUT2D eigenvalue weighted by Crippen LogP contribution is -2.33. The van der Waals surface area contributed by atoms with E-state index in [0.717, 1.165) is 41.8 Å². The Bertz CT molecular complexity index is 1070. The molecule has 1 aliphatic rings. The quantitative estimate of drug-likeness (QED) is 0.551. The van der Waals surface area contributed by atoms with Crippen molar-refractivity contribution in [2.75, 3.05) is 18.1 Å². The number of nitrogens with one attached hydrogen (secondary N) is 1. The van der Waals surface area contributed by atoms with E-state index in [1.54, 1.807) is 4.90 Å². The smallest absolute Gasteiger partial charge is 0.258 e. The summed E-state index contributed by atoms with van der Waals surface area (Å²) in [5.41, 5.74) is 4.39. The highest BCUT2D eigenvalue weighted by Gasteiger charge is 2.20. The highest BCUT2D eigenvalue weighted by Crippen LogP contribution is 2.23. The molecule has 1 aliphatic heterocycles. The first-order chi connectivity index (χ1) is 16.1. The molecule has 5 heteroatoms. The number of carbonyl (C=O) groups excluding carboxylic acids is 2. The van der Waals surface area contributed by atoms with E-state index in [0.29, 0.717) is 25.1 Å². The van der Waals surface area contributed by atoms with Crippen LogP contribution in [0.2, 0.25) is 0 Å². The fourth-order valence-corrected chi connectivity index (χ4v) is 4.08. The van der Waals surface area contributed by atoms with E-state index >= 15 is 0 Å². The van der Waals surface area contributed by atoms with Crippen LogP contribution in [-0.4, -0.2) is 31.1 Å². The van der Waals surface area contributed by atoms with Gasteiger partial charge in [-0.2, -0.15) is 0 Å². The first kappa shape index (κ1) is 22.7. The summed E-state index contributed by atoms with van der Waals surface area (Å²) in [4.78, 5) is 27.6. The first-order valence-electron chi connectivity index (χ1n) is 11.5. The fraction of sp³-hybridized carbons (Fsp3) is 0.286. The molecular weight excluding hydrogens is 412 g/mol. The van der Waals surface area contributed by atoms with Crippen LogP contribution in [0.25, 0.3) is 0 Å². The molecule has 5 nitrogen and oxygen atoms in total. The maximum atomic E-state index is 13.5. The van der Waals surface area contributed by atoms with Gasteiger partial charge in [-0.05, 0) is 54.7 Å². The van der Waals surface area contributed by atoms with Crippen LogP contribution in [0, 0.1) is 6.92 Å². The minimum atomic E-state index is -0.0426. The molecule has 0 radical (unpaired) electrons. The minimum absolute atomic E-state index is 0.0182. The summed E-state index contributed by atoms with van der Waals surface area (Å²) >= 11 is 0. The lowest BCUT2D eigenvalue weighted by atomic mass is 10.1. The molecule has 4 rings (SSSR count). The number of amides is 2. The number of ether oxygens (including phenoxy) is 1. The van der Waals surface area contributed by atoms with E-state index in [4.69, 9.17) is 4.74 Å². The van der Waals surface area contributed by atoms with Crippen molar-refractivity contribution in [3.8, 4) is 0 Å². The molecule has 2 amide bonds. The zero-order valence-corrected chi connectivity index (χ0v) is 19.0. The number of nitrogens with zero attached hydrogens (tertiary/aromatic N) is 1. The van der Waals surface area contributed by atoms with Crippen molar-refractivity contribution >= 4 is 17.5 Å². The third kappa shape index (κ3) is 6.08. The Morgan fingerprint density at radius 2 is 1.67 bits per heavy atom. The summed E-state index contributed by atoms with van der Waals surface area (Å²) in [6.07, 6.45) is 2.50. The Labute approximate surface area is 195 Å². The highest BCUT2D eigenvalue weighted by atomic mass is 16.5. The topological polar surface area (TPSA) is 58.6 Å².